The number of nitrogens with two attached hydrogens (primary N) is 1. The highest BCUT2D eigenvalue weighted by Crippen LogP contribution is 1.99. The molecule has 1 aromatic heterocycles. The molecule has 4 N–H and O–H groups in total. The molecule has 0 saturated heterocycles. The Balaban J connectivity index is 2.43. The molecule has 1 heterocycles. The highest BCUT2D eigenvalue weighted by molar-refractivity contribution is 4.97. The Morgan fingerprint density at radius 3 is 3.00 bits per heavy atom. The molecule has 2 atom stereocenters. The number of hydrogen-bond acceptors (Lipinski definition) is 3. The summed E-state index contributed by atoms with van der Waals surface area (Å²) in [5.41, 5.74) is 6.49. The van der Waals surface area contributed by atoms with Crippen LogP contribution in [0.15, 0.2) is 12.5 Å². The summed E-state index contributed by atoms with van der Waals surface area (Å²) in [7, 11) is 0. The van der Waals surface area contributed by atoms with Gasteiger partial charge >= 0.3 is 0 Å². The van der Waals surface area contributed by atoms with Gasteiger partial charge in [0.1, 0.15) is 0 Å². The molecule has 0 aliphatic heterocycles. The van der Waals surface area contributed by atoms with Crippen molar-refractivity contribution in [3.05, 3.63) is 18.2 Å². The molecule has 0 aliphatic carbocycles. The first-order chi connectivity index (χ1) is 5.20. The molecule has 0 spiro atoms. The summed E-state index contributed by atoms with van der Waals surface area (Å²) in [6.07, 6.45) is 3.51. The third-order valence-corrected chi connectivity index (χ3v) is 1.62. The molecule has 0 radical (unpaired) electrons. The van der Waals surface area contributed by atoms with Gasteiger partial charge in [-0.1, -0.05) is 0 Å². The van der Waals surface area contributed by atoms with Gasteiger partial charge < -0.3 is 15.8 Å². The average molecular weight is 155 g/mol. The number of aromatic amines is 1. The van der Waals surface area contributed by atoms with Gasteiger partial charge in [0.15, 0.2) is 0 Å². The first-order valence-corrected chi connectivity index (χ1v) is 3.61. The van der Waals surface area contributed by atoms with Gasteiger partial charge in [0, 0.05) is 18.7 Å². The Morgan fingerprint density at radius 2 is 2.55 bits per heavy atom. The molecular formula is C7H13N3O. The van der Waals surface area contributed by atoms with Gasteiger partial charge in [-0.25, -0.2) is 4.98 Å². The van der Waals surface area contributed by atoms with Gasteiger partial charge in [0.25, 0.3) is 0 Å². The van der Waals surface area contributed by atoms with Gasteiger partial charge in [-0.2, -0.15) is 0 Å². The zero-order chi connectivity index (χ0) is 8.27. The molecule has 1 unspecified atom stereocenters. The Labute approximate surface area is 65.5 Å². The number of aromatic nitrogens is 2. The number of imidazole rings is 1. The number of rotatable bonds is 3. The van der Waals surface area contributed by atoms with Crippen molar-refractivity contribution in [2.45, 2.75) is 25.5 Å². The van der Waals surface area contributed by atoms with Gasteiger partial charge in [0.05, 0.1) is 18.1 Å². The van der Waals surface area contributed by atoms with Crippen molar-refractivity contribution in [2.75, 3.05) is 0 Å². The fraction of sp³-hybridized carbons (Fsp3) is 0.571. The monoisotopic (exact) mass is 155 g/mol. The van der Waals surface area contributed by atoms with Crippen molar-refractivity contribution < 1.29 is 5.11 Å². The highest BCUT2D eigenvalue weighted by Gasteiger charge is 2.10. The second-order valence-corrected chi connectivity index (χ2v) is 2.67. The maximum Gasteiger partial charge on any atom is 0.0923 e. The topological polar surface area (TPSA) is 74.9 Å². The van der Waals surface area contributed by atoms with E-state index in [1.165, 1.54) is 0 Å². The number of H-pyrrole nitrogens is 1. The van der Waals surface area contributed by atoms with Crippen LogP contribution in [0.3, 0.4) is 0 Å². The Hall–Kier alpha value is -0.870. The number of aliphatic hydroxyl groups is 1. The summed E-state index contributed by atoms with van der Waals surface area (Å²) in [5, 5.41) is 9.06. The predicted molar refractivity (Wildman–Crippen MR) is 41.9 cm³/mol. The summed E-state index contributed by atoms with van der Waals surface area (Å²) < 4.78 is 0. The fourth-order valence-corrected chi connectivity index (χ4v) is 0.815. The minimum absolute atomic E-state index is 0.224. The quantitative estimate of drug-likeness (QED) is 0.559. The molecule has 0 amide bonds. The van der Waals surface area contributed by atoms with E-state index < -0.39 is 6.10 Å². The Morgan fingerprint density at radius 1 is 1.82 bits per heavy atom. The maximum atomic E-state index is 9.06. The van der Waals surface area contributed by atoms with Crippen LogP contribution in [0.1, 0.15) is 12.6 Å². The zero-order valence-corrected chi connectivity index (χ0v) is 6.49. The lowest BCUT2D eigenvalue weighted by Crippen LogP contribution is -2.34. The fourth-order valence-electron chi connectivity index (χ4n) is 0.815. The van der Waals surface area contributed by atoms with E-state index >= 15 is 0 Å². The Bertz CT molecular complexity index is 195. The first kappa shape index (κ1) is 8.23. The highest BCUT2D eigenvalue weighted by atomic mass is 16.3. The second kappa shape index (κ2) is 3.50. The van der Waals surface area contributed by atoms with Crippen LogP contribution in [0.25, 0.3) is 0 Å². The van der Waals surface area contributed by atoms with Gasteiger partial charge in [-0.3, -0.25) is 0 Å². The molecule has 4 heteroatoms. The number of nitrogens with one attached hydrogen (secondary N) is 1. The molecule has 0 aliphatic rings. The smallest absolute Gasteiger partial charge is 0.0923 e. The minimum atomic E-state index is -0.480. The number of nitrogens with zero attached hydrogens (tertiary/aromatic N) is 1. The molecule has 0 fully saturated rings. The van der Waals surface area contributed by atoms with Crippen LogP contribution in [-0.2, 0) is 6.42 Å². The van der Waals surface area contributed by atoms with Crippen LogP contribution < -0.4 is 5.73 Å². The third-order valence-electron chi connectivity index (χ3n) is 1.62. The van der Waals surface area contributed by atoms with Crippen molar-refractivity contribution in [1.82, 2.24) is 9.97 Å². The van der Waals surface area contributed by atoms with Crippen molar-refractivity contribution in [3.8, 4) is 0 Å². The molecule has 62 valence electrons. The van der Waals surface area contributed by atoms with Crippen LogP contribution in [0.2, 0.25) is 0 Å². The third kappa shape index (κ3) is 2.32. The molecule has 0 saturated carbocycles. The van der Waals surface area contributed by atoms with Gasteiger partial charge in [0.2, 0.25) is 0 Å². The summed E-state index contributed by atoms with van der Waals surface area (Å²) in [5.74, 6) is 0. The standard InChI is InChI=1S/C7H13N3O/c1-5(11)7(8)2-6-3-9-4-10-6/h3-5,7,11H,2,8H2,1H3,(H,9,10)/t5?,7-/m0/s1. The van der Waals surface area contributed by atoms with E-state index in [9.17, 15) is 0 Å². The predicted octanol–water partition coefficient (Wildman–Crippen LogP) is -0.340. The van der Waals surface area contributed by atoms with E-state index in [1.807, 2.05) is 0 Å². The molecule has 4 nitrogen and oxygen atoms in total. The van der Waals surface area contributed by atoms with Gasteiger partial charge in [-0.15, -0.1) is 0 Å². The lowest BCUT2D eigenvalue weighted by molar-refractivity contribution is 0.163. The van der Waals surface area contributed by atoms with Crippen LogP contribution >= 0.6 is 0 Å². The van der Waals surface area contributed by atoms with E-state index in [1.54, 1.807) is 19.4 Å². The number of hydrogen-bond donors (Lipinski definition) is 3. The van der Waals surface area contributed by atoms with Gasteiger partial charge in [-0.05, 0) is 6.92 Å². The van der Waals surface area contributed by atoms with Crippen molar-refractivity contribution >= 4 is 0 Å². The zero-order valence-electron chi connectivity index (χ0n) is 6.49. The van der Waals surface area contributed by atoms with Crippen molar-refractivity contribution in [1.29, 1.82) is 0 Å². The maximum absolute atomic E-state index is 9.06. The summed E-state index contributed by atoms with van der Waals surface area (Å²) >= 11 is 0. The average Bonchev–Trinajstić information content (AvgIpc) is 2.39. The van der Waals surface area contributed by atoms with Crippen LogP contribution in [0, 0.1) is 0 Å². The summed E-state index contributed by atoms with van der Waals surface area (Å²) in [6, 6.07) is -0.224. The van der Waals surface area contributed by atoms with Crippen LogP contribution in [-0.4, -0.2) is 27.2 Å². The van der Waals surface area contributed by atoms with E-state index in [0.717, 1.165) is 5.69 Å². The molecule has 1 rings (SSSR count). The normalized spacial score (nSPS) is 16.3. The Kier molecular flexibility index (Phi) is 2.62. The largest absolute Gasteiger partial charge is 0.392 e. The molecule has 1 aromatic rings. The SMILES string of the molecule is CC(O)[C@@H](N)Cc1c[nH]cn1. The molecule has 11 heavy (non-hydrogen) atoms. The van der Waals surface area contributed by atoms with E-state index in [4.69, 9.17) is 10.8 Å². The molecule has 0 bridgehead atoms. The van der Waals surface area contributed by atoms with E-state index in [-0.39, 0.29) is 6.04 Å². The first-order valence-electron chi connectivity index (χ1n) is 3.61. The van der Waals surface area contributed by atoms with Crippen LogP contribution in [0.5, 0.6) is 0 Å². The molecule has 0 aromatic carbocycles. The van der Waals surface area contributed by atoms with E-state index in [2.05, 4.69) is 9.97 Å². The minimum Gasteiger partial charge on any atom is -0.392 e. The van der Waals surface area contributed by atoms with Crippen LogP contribution in [0.4, 0.5) is 0 Å². The second-order valence-electron chi connectivity index (χ2n) is 2.67. The summed E-state index contributed by atoms with van der Waals surface area (Å²) in [6.45, 7) is 1.68. The van der Waals surface area contributed by atoms with Crippen molar-refractivity contribution in [3.63, 3.8) is 0 Å². The van der Waals surface area contributed by atoms with Crippen molar-refractivity contribution in [2.24, 2.45) is 5.73 Å². The lowest BCUT2D eigenvalue weighted by Gasteiger charge is -2.12. The van der Waals surface area contributed by atoms with E-state index in [0.29, 0.717) is 6.42 Å². The molecular weight excluding hydrogens is 142 g/mol. The summed E-state index contributed by atoms with van der Waals surface area (Å²) in [4.78, 5) is 6.82. The number of aliphatic hydroxyl groups excluding tert-OH is 1. The lowest BCUT2D eigenvalue weighted by atomic mass is 10.1.